The lowest BCUT2D eigenvalue weighted by atomic mass is 9.78. The van der Waals surface area contributed by atoms with Crippen LogP contribution >= 0.6 is 0 Å². The third kappa shape index (κ3) is 2.81. The predicted octanol–water partition coefficient (Wildman–Crippen LogP) is 3.65. The van der Waals surface area contributed by atoms with Crippen LogP contribution in [0.5, 0.6) is 0 Å². The third-order valence-corrected chi connectivity index (χ3v) is 3.83. The van der Waals surface area contributed by atoms with Gasteiger partial charge in [-0.15, -0.1) is 0 Å². The number of ether oxygens (including phenoxy) is 1. The van der Waals surface area contributed by atoms with Gasteiger partial charge in [0.2, 0.25) is 0 Å². The number of fused-ring (bicyclic) bond motifs is 1. The molecule has 0 amide bonds. The Bertz CT molecular complexity index is 364. The van der Waals surface area contributed by atoms with Crippen molar-refractivity contribution in [3.8, 4) is 0 Å². The summed E-state index contributed by atoms with van der Waals surface area (Å²) in [6, 6.07) is 9.29. The minimum Gasteiger partial charge on any atom is -0.385 e. The second-order valence-electron chi connectivity index (χ2n) is 5.23. The molecule has 94 valence electrons. The molecule has 0 bridgehead atoms. The summed E-state index contributed by atoms with van der Waals surface area (Å²) in [5.41, 5.74) is 2.80. The van der Waals surface area contributed by atoms with Crippen LogP contribution in [0.1, 0.15) is 38.2 Å². The van der Waals surface area contributed by atoms with E-state index in [1.807, 2.05) is 0 Å². The second-order valence-corrected chi connectivity index (χ2v) is 5.23. The van der Waals surface area contributed by atoms with Crippen LogP contribution in [0, 0.1) is 5.92 Å². The summed E-state index contributed by atoms with van der Waals surface area (Å²) in [6.07, 6.45) is 2.37. The first kappa shape index (κ1) is 12.4. The third-order valence-electron chi connectivity index (χ3n) is 3.83. The highest BCUT2D eigenvalue weighted by atomic mass is 16.5. The molecule has 1 aliphatic rings. The second kappa shape index (κ2) is 5.54. The van der Waals surface area contributed by atoms with Crippen molar-refractivity contribution < 1.29 is 4.74 Å². The molecule has 0 saturated heterocycles. The summed E-state index contributed by atoms with van der Waals surface area (Å²) in [7, 11) is 1.78. The smallest absolute Gasteiger partial charge is 0.0465 e. The lowest BCUT2D eigenvalue weighted by Gasteiger charge is -2.35. The fourth-order valence-corrected chi connectivity index (χ4v) is 2.83. The highest BCUT2D eigenvalue weighted by Gasteiger charge is 2.27. The highest BCUT2D eigenvalue weighted by Crippen LogP contribution is 2.39. The van der Waals surface area contributed by atoms with Crippen LogP contribution in [0.2, 0.25) is 0 Å². The Labute approximate surface area is 104 Å². The summed E-state index contributed by atoms with van der Waals surface area (Å²) in [5, 5.41) is 3.57. The molecule has 0 aromatic heterocycles. The zero-order valence-electron chi connectivity index (χ0n) is 11.1. The predicted molar refractivity (Wildman–Crippen MR) is 72.5 cm³/mol. The van der Waals surface area contributed by atoms with E-state index in [1.165, 1.54) is 17.7 Å². The summed E-state index contributed by atoms with van der Waals surface area (Å²) in [4.78, 5) is 0. The summed E-state index contributed by atoms with van der Waals surface area (Å²) >= 11 is 0. The van der Waals surface area contributed by atoms with Gasteiger partial charge in [-0.3, -0.25) is 0 Å². The molecule has 17 heavy (non-hydrogen) atoms. The van der Waals surface area contributed by atoms with E-state index in [0.29, 0.717) is 17.9 Å². The highest BCUT2D eigenvalue weighted by molar-refractivity contribution is 5.55. The fraction of sp³-hybridized carbons (Fsp3) is 0.600. The topological polar surface area (TPSA) is 21.3 Å². The van der Waals surface area contributed by atoms with E-state index in [1.54, 1.807) is 7.11 Å². The molecule has 2 nitrogen and oxygen atoms in total. The molecule has 2 heteroatoms. The van der Waals surface area contributed by atoms with Gasteiger partial charge in [0.05, 0.1) is 0 Å². The zero-order valence-corrected chi connectivity index (χ0v) is 11.1. The van der Waals surface area contributed by atoms with Gasteiger partial charge in [-0.2, -0.15) is 0 Å². The molecule has 1 heterocycles. The lowest BCUT2D eigenvalue weighted by Crippen LogP contribution is -2.28. The maximum Gasteiger partial charge on any atom is 0.0465 e. The maximum atomic E-state index is 5.20. The van der Waals surface area contributed by atoms with E-state index in [-0.39, 0.29) is 0 Å². The Hall–Kier alpha value is -1.02. The van der Waals surface area contributed by atoms with Crippen LogP contribution in [0.15, 0.2) is 24.3 Å². The summed E-state index contributed by atoms with van der Waals surface area (Å²) in [6.45, 7) is 5.48. The van der Waals surface area contributed by atoms with Crippen LogP contribution in [0.4, 0.5) is 5.69 Å². The average Bonchev–Trinajstić information content (AvgIpc) is 2.34. The number of nitrogens with one attached hydrogen (secondary N) is 1. The van der Waals surface area contributed by atoms with Crippen LogP contribution < -0.4 is 5.32 Å². The zero-order chi connectivity index (χ0) is 12.3. The molecule has 1 aromatic carbocycles. The number of methoxy groups -OCH3 is 1. The van der Waals surface area contributed by atoms with Crippen molar-refractivity contribution in [1.82, 2.24) is 0 Å². The van der Waals surface area contributed by atoms with Crippen molar-refractivity contribution in [3.63, 3.8) is 0 Å². The number of anilines is 1. The van der Waals surface area contributed by atoms with Crippen molar-refractivity contribution in [1.29, 1.82) is 0 Å². The molecule has 2 rings (SSSR count). The van der Waals surface area contributed by atoms with Gasteiger partial charge in [-0.05, 0) is 43.2 Å². The Morgan fingerprint density at radius 3 is 2.94 bits per heavy atom. The monoisotopic (exact) mass is 233 g/mol. The van der Waals surface area contributed by atoms with Crippen molar-refractivity contribution in [3.05, 3.63) is 29.8 Å². The minimum absolute atomic E-state index is 0.569. The SMILES string of the molecule is COCCC(C)C1CC(C)Nc2ccccc21. The van der Waals surface area contributed by atoms with Crippen LogP contribution in [-0.2, 0) is 4.74 Å². The molecular weight excluding hydrogens is 210 g/mol. The summed E-state index contributed by atoms with van der Waals surface area (Å²) < 4.78 is 5.20. The van der Waals surface area contributed by atoms with Crippen molar-refractivity contribution in [2.45, 2.75) is 38.6 Å². The molecule has 1 aliphatic heterocycles. The molecule has 1 aromatic rings. The van der Waals surface area contributed by atoms with E-state index in [0.717, 1.165) is 13.0 Å². The molecule has 1 N–H and O–H groups in total. The Morgan fingerprint density at radius 1 is 1.41 bits per heavy atom. The molecular formula is C15H23NO. The molecule has 3 unspecified atom stereocenters. The first-order chi connectivity index (χ1) is 8.22. The van der Waals surface area contributed by atoms with E-state index in [4.69, 9.17) is 4.74 Å². The Kier molecular flexibility index (Phi) is 4.06. The van der Waals surface area contributed by atoms with E-state index < -0.39 is 0 Å². The molecule has 0 fully saturated rings. The largest absolute Gasteiger partial charge is 0.385 e. The minimum atomic E-state index is 0.569. The molecule has 0 spiro atoms. The molecule has 0 radical (unpaired) electrons. The number of rotatable bonds is 4. The average molecular weight is 233 g/mol. The van der Waals surface area contributed by atoms with Gasteiger partial charge in [-0.1, -0.05) is 25.1 Å². The van der Waals surface area contributed by atoms with Gasteiger partial charge in [0.1, 0.15) is 0 Å². The van der Waals surface area contributed by atoms with Crippen molar-refractivity contribution >= 4 is 5.69 Å². The van der Waals surface area contributed by atoms with Gasteiger partial charge in [0.15, 0.2) is 0 Å². The maximum absolute atomic E-state index is 5.20. The molecule has 0 saturated carbocycles. The number of hydrogen-bond donors (Lipinski definition) is 1. The van der Waals surface area contributed by atoms with E-state index in [9.17, 15) is 0 Å². The first-order valence-electron chi connectivity index (χ1n) is 6.56. The lowest BCUT2D eigenvalue weighted by molar-refractivity contribution is 0.172. The molecule has 3 atom stereocenters. The van der Waals surface area contributed by atoms with Crippen LogP contribution in [-0.4, -0.2) is 19.8 Å². The summed E-state index contributed by atoms with van der Waals surface area (Å²) in [5.74, 6) is 1.35. The first-order valence-corrected chi connectivity index (χ1v) is 6.56. The standard InChI is InChI=1S/C15H23NO/c1-11(8-9-17-3)14-10-12(2)16-15-7-5-4-6-13(14)15/h4-7,11-12,14,16H,8-10H2,1-3H3. The van der Waals surface area contributed by atoms with Crippen LogP contribution in [0.25, 0.3) is 0 Å². The van der Waals surface area contributed by atoms with Crippen molar-refractivity contribution in [2.24, 2.45) is 5.92 Å². The van der Waals surface area contributed by atoms with Gasteiger partial charge in [-0.25, -0.2) is 0 Å². The molecule has 0 aliphatic carbocycles. The Balaban J connectivity index is 2.17. The number of benzene rings is 1. The van der Waals surface area contributed by atoms with Gasteiger partial charge >= 0.3 is 0 Å². The Morgan fingerprint density at radius 2 is 2.18 bits per heavy atom. The number of para-hydroxylation sites is 1. The normalized spacial score (nSPS) is 24.9. The quantitative estimate of drug-likeness (QED) is 0.857. The van der Waals surface area contributed by atoms with Crippen molar-refractivity contribution in [2.75, 3.05) is 19.0 Å². The van der Waals surface area contributed by atoms with E-state index in [2.05, 4.69) is 43.4 Å². The van der Waals surface area contributed by atoms with Crippen LogP contribution in [0.3, 0.4) is 0 Å². The van der Waals surface area contributed by atoms with Gasteiger partial charge < -0.3 is 10.1 Å². The number of hydrogen-bond acceptors (Lipinski definition) is 2. The van der Waals surface area contributed by atoms with Gasteiger partial charge in [0, 0.05) is 25.4 Å². The van der Waals surface area contributed by atoms with E-state index >= 15 is 0 Å². The van der Waals surface area contributed by atoms with Gasteiger partial charge in [0.25, 0.3) is 0 Å². The fourth-order valence-electron chi connectivity index (χ4n) is 2.83.